The number of nitrogens with one attached hydrogen (secondary N) is 1. The summed E-state index contributed by atoms with van der Waals surface area (Å²) in [6.45, 7) is 9.87. The number of hydrogen-bond donors (Lipinski definition) is 1. The van der Waals surface area contributed by atoms with Crippen LogP contribution in [-0.2, 0) is 20.2 Å². The Bertz CT molecular complexity index is 905. The maximum atomic E-state index is 12.8. The van der Waals surface area contributed by atoms with E-state index in [1.807, 2.05) is 6.07 Å². The molecule has 0 amide bonds. The molecule has 1 aromatic heterocycles. The van der Waals surface area contributed by atoms with Crippen LogP contribution in [0.1, 0.15) is 41.6 Å². The van der Waals surface area contributed by atoms with Crippen molar-refractivity contribution in [2.45, 2.75) is 31.1 Å². The molecule has 1 aromatic carbocycles. The summed E-state index contributed by atoms with van der Waals surface area (Å²) < 4.78 is 32.7. The molecule has 5 nitrogen and oxygen atoms in total. The Labute approximate surface area is 152 Å². The number of rotatable bonds is 5. The predicted molar refractivity (Wildman–Crippen MR) is 102 cm³/mol. The van der Waals surface area contributed by atoms with Gasteiger partial charge in [0.25, 0.3) is 10.0 Å². The SMILES string of the molecule is C=Cc1cc(C(C)(C)C)ccc1S(=O)(=O)Nc1ccsc1C(=O)OC. The molecular weight excluding hydrogens is 358 g/mol. The molecule has 25 heavy (non-hydrogen) atoms. The molecule has 134 valence electrons. The van der Waals surface area contributed by atoms with Gasteiger partial charge in [-0.1, -0.05) is 39.5 Å². The highest BCUT2D eigenvalue weighted by atomic mass is 32.2. The summed E-state index contributed by atoms with van der Waals surface area (Å²) in [7, 11) is -2.62. The van der Waals surface area contributed by atoms with Crippen molar-refractivity contribution < 1.29 is 17.9 Å². The maximum Gasteiger partial charge on any atom is 0.350 e. The lowest BCUT2D eigenvalue weighted by molar-refractivity contribution is 0.0607. The van der Waals surface area contributed by atoms with E-state index in [0.29, 0.717) is 5.56 Å². The average molecular weight is 380 g/mol. The van der Waals surface area contributed by atoms with Crippen LogP contribution >= 0.6 is 11.3 Å². The topological polar surface area (TPSA) is 72.5 Å². The second-order valence-corrected chi connectivity index (χ2v) is 9.03. The van der Waals surface area contributed by atoms with Gasteiger partial charge >= 0.3 is 5.97 Å². The van der Waals surface area contributed by atoms with E-state index in [9.17, 15) is 13.2 Å². The van der Waals surface area contributed by atoms with Crippen molar-refractivity contribution >= 4 is 39.1 Å². The van der Waals surface area contributed by atoms with Crippen LogP contribution < -0.4 is 4.72 Å². The van der Waals surface area contributed by atoms with Gasteiger partial charge in [-0.3, -0.25) is 4.72 Å². The first-order chi connectivity index (χ1) is 11.6. The second kappa shape index (κ2) is 7.01. The summed E-state index contributed by atoms with van der Waals surface area (Å²) in [5.41, 5.74) is 1.60. The molecule has 0 saturated heterocycles. The van der Waals surface area contributed by atoms with Crippen molar-refractivity contribution in [3.05, 3.63) is 52.2 Å². The van der Waals surface area contributed by atoms with Crippen LogP contribution in [0.2, 0.25) is 0 Å². The third kappa shape index (κ3) is 4.11. The number of benzene rings is 1. The number of carbonyl (C=O) groups is 1. The van der Waals surface area contributed by atoms with Crippen molar-refractivity contribution in [3.8, 4) is 0 Å². The maximum absolute atomic E-state index is 12.8. The van der Waals surface area contributed by atoms with E-state index in [1.54, 1.807) is 17.5 Å². The fourth-order valence-corrected chi connectivity index (χ4v) is 4.36. The second-order valence-electron chi connectivity index (χ2n) is 6.47. The number of ether oxygens (including phenoxy) is 1. The number of hydrogen-bond acceptors (Lipinski definition) is 5. The lowest BCUT2D eigenvalue weighted by atomic mass is 9.86. The number of carbonyl (C=O) groups excluding carboxylic acids is 1. The molecule has 0 fully saturated rings. The molecule has 0 unspecified atom stereocenters. The third-order valence-electron chi connectivity index (χ3n) is 3.67. The van der Waals surface area contributed by atoms with Crippen molar-refractivity contribution in [3.63, 3.8) is 0 Å². The molecule has 7 heteroatoms. The van der Waals surface area contributed by atoms with Crippen molar-refractivity contribution in [1.29, 1.82) is 0 Å². The monoisotopic (exact) mass is 379 g/mol. The first-order valence-electron chi connectivity index (χ1n) is 7.55. The molecule has 2 rings (SSSR count). The zero-order chi connectivity index (χ0) is 18.8. The summed E-state index contributed by atoms with van der Waals surface area (Å²) in [6.07, 6.45) is 1.51. The van der Waals surface area contributed by atoms with Crippen LogP contribution in [0.3, 0.4) is 0 Å². The smallest absolute Gasteiger partial charge is 0.350 e. The van der Waals surface area contributed by atoms with E-state index in [0.717, 1.165) is 16.9 Å². The molecular formula is C18H21NO4S2. The van der Waals surface area contributed by atoms with Crippen LogP contribution in [0.25, 0.3) is 6.08 Å². The zero-order valence-electron chi connectivity index (χ0n) is 14.6. The number of esters is 1. The largest absolute Gasteiger partial charge is 0.465 e. The molecule has 0 atom stereocenters. The molecule has 2 aromatic rings. The molecule has 0 aliphatic carbocycles. The first-order valence-corrected chi connectivity index (χ1v) is 9.92. The van der Waals surface area contributed by atoms with Gasteiger partial charge in [-0.25, -0.2) is 13.2 Å². The van der Waals surface area contributed by atoms with Crippen LogP contribution in [0.5, 0.6) is 0 Å². The van der Waals surface area contributed by atoms with E-state index < -0.39 is 16.0 Å². The average Bonchev–Trinajstić information content (AvgIpc) is 2.99. The third-order valence-corrected chi connectivity index (χ3v) is 6.00. The fourth-order valence-electron chi connectivity index (χ4n) is 2.26. The summed E-state index contributed by atoms with van der Waals surface area (Å²) in [6, 6.07) is 6.70. The molecule has 1 heterocycles. The lowest BCUT2D eigenvalue weighted by Gasteiger charge is -2.21. The molecule has 0 aliphatic heterocycles. The molecule has 0 aliphatic rings. The van der Waals surface area contributed by atoms with Gasteiger partial charge in [-0.2, -0.15) is 0 Å². The summed E-state index contributed by atoms with van der Waals surface area (Å²) in [5.74, 6) is -0.584. The molecule has 1 N–H and O–H groups in total. The van der Waals surface area contributed by atoms with E-state index in [4.69, 9.17) is 0 Å². The van der Waals surface area contributed by atoms with Crippen molar-refractivity contribution in [2.24, 2.45) is 0 Å². The quantitative estimate of drug-likeness (QED) is 0.787. The van der Waals surface area contributed by atoms with Crippen LogP contribution in [0.15, 0.2) is 41.1 Å². The van der Waals surface area contributed by atoms with Crippen LogP contribution in [-0.4, -0.2) is 21.5 Å². The van der Waals surface area contributed by atoms with Crippen LogP contribution in [0, 0.1) is 0 Å². The number of anilines is 1. The van der Waals surface area contributed by atoms with E-state index >= 15 is 0 Å². The number of sulfonamides is 1. The predicted octanol–water partition coefficient (Wildman–Crippen LogP) is 4.28. The highest BCUT2D eigenvalue weighted by Crippen LogP contribution is 2.30. The Morgan fingerprint density at radius 1 is 1.28 bits per heavy atom. The molecule has 0 radical (unpaired) electrons. The van der Waals surface area contributed by atoms with Crippen molar-refractivity contribution in [1.82, 2.24) is 0 Å². The van der Waals surface area contributed by atoms with Gasteiger partial charge < -0.3 is 4.74 Å². The van der Waals surface area contributed by atoms with Gasteiger partial charge in [0.2, 0.25) is 0 Å². The van der Waals surface area contributed by atoms with Crippen molar-refractivity contribution in [2.75, 3.05) is 11.8 Å². The van der Waals surface area contributed by atoms with E-state index in [-0.39, 0.29) is 20.9 Å². The molecule has 0 spiro atoms. The summed E-state index contributed by atoms with van der Waals surface area (Å²) >= 11 is 1.11. The van der Waals surface area contributed by atoms with Crippen LogP contribution in [0.4, 0.5) is 5.69 Å². The Balaban J connectivity index is 2.46. The van der Waals surface area contributed by atoms with Gasteiger partial charge in [0.05, 0.1) is 17.7 Å². The molecule has 0 saturated carbocycles. The van der Waals surface area contributed by atoms with Gasteiger partial charge in [0.15, 0.2) is 0 Å². The fraction of sp³-hybridized carbons (Fsp3) is 0.278. The number of methoxy groups -OCH3 is 1. The number of thiophene rings is 1. The standard InChI is InChI=1S/C18H21NO4S2/c1-6-12-11-13(18(2,3)4)7-8-15(12)25(21,22)19-14-9-10-24-16(14)17(20)23-5/h6-11,19H,1H2,2-5H3. The summed E-state index contributed by atoms with van der Waals surface area (Å²) in [4.78, 5) is 12.0. The van der Waals surface area contributed by atoms with Gasteiger partial charge in [-0.05, 0) is 40.1 Å². The minimum Gasteiger partial charge on any atom is -0.465 e. The first kappa shape index (κ1) is 19.2. The zero-order valence-corrected chi connectivity index (χ0v) is 16.3. The molecule has 0 bridgehead atoms. The Hall–Kier alpha value is -2.12. The highest BCUT2D eigenvalue weighted by Gasteiger charge is 2.24. The normalized spacial score (nSPS) is 11.8. The summed E-state index contributed by atoms with van der Waals surface area (Å²) in [5, 5.41) is 1.63. The Morgan fingerprint density at radius 2 is 1.96 bits per heavy atom. The Kier molecular flexibility index (Phi) is 5.39. The lowest BCUT2D eigenvalue weighted by Crippen LogP contribution is -2.17. The van der Waals surface area contributed by atoms with E-state index in [2.05, 4.69) is 36.8 Å². The minimum atomic E-state index is -3.87. The van der Waals surface area contributed by atoms with Gasteiger partial charge in [0.1, 0.15) is 4.88 Å². The Morgan fingerprint density at radius 3 is 2.52 bits per heavy atom. The van der Waals surface area contributed by atoms with E-state index in [1.165, 1.54) is 19.3 Å². The van der Waals surface area contributed by atoms with Gasteiger partial charge in [0, 0.05) is 0 Å². The minimum absolute atomic E-state index is 0.109. The van der Waals surface area contributed by atoms with Gasteiger partial charge in [-0.15, -0.1) is 11.3 Å². The highest BCUT2D eigenvalue weighted by molar-refractivity contribution is 7.92.